The Morgan fingerprint density at radius 1 is 1.31 bits per heavy atom. The van der Waals surface area contributed by atoms with E-state index in [0.29, 0.717) is 24.8 Å². The monoisotopic (exact) mass is 398 g/mol. The fraction of sp³-hybridized carbons (Fsp3) is 0.368. The van der Waals surface area contributed by atoms with Gasteiger partial charge < -0.3 is 19.9 Å². The molecule has 10 heteroatoms. The molecule has 10 nitrogen and oxygen atoms in total. The Kier molecular flexibility index (Phi) is 4.40. The van der Waals surface area contributed by atoms with E-state index in [9.17, 15) is 14.4 Å². The van der Waals surface area contributed by atoms with E-state index >= 15 is 0 Å². The SMILES string of the molecule is COc1cccc(N2C[C@@H](C)Cn3c2nc2c3c(=O)n(CC(N)=O)c(=O)n2C)c1. The number of primary amides is 1. The molecule has 0 fully saturated rings. The van der Waals surface area contributed by atoms with E-state index in [1.165, 1.54) is 11.6 Å². The molecule has 1 amide bonds. The number of hydrogen-bond acceptors (Lipinski definition) is 6. The van der Waals surface area contributed by atoms with Crippen LogP contribution in [0.2, 0.25) is 0 Å². The lowest BCUT2D eigenvalue weighted by Crippen LogP contribution is -2.43. The van der Waals surface area contributed by atoms with Crippen molar-refractivity contribution in [1.29, 1.82) is 0 Å². The van der Waals surface area contributed by atoms with Crippen LogP contribution in [0.15, 0.2) is 33.9 Å². The van der Waals surface area contributed by atoms with Crippen molar-refractivity contribution in [3.05, 3.63) is 45.1 Å². The molecular weight excluding hydrogens is 376 g/mol. The quantitative estimate of drug-likeness (QED) is 0.670. The molecule has 152 valence electrons. The van der Waals surface area contributed by atoms with Gasteiger partial charge in [-0.05, 0) is 18.1 Å². The molecule has 0 saturated carbocycles. The zero-order valence-corrected chi connectivity index (χ0v) is 16.5. The summed E-state index contributed by atoms with van der Waals surface area (Å²) in [7, 11) is 3.13. The van der Waals surface area contributed by atoms with E-state index in [0.717, 1.165) is 10.3 Å². The Morgan fingerprint density at radius 3 is 2.76 bits per heavy atom. The van der Waals surface area contributed by atoms with Crippen molar-refractivity contribution in [2.24, 2.45) is 18.7 Å². The summed E-state index contributed by atoms with van der Waals surface area (Å²) in [6.45, 7) is 2.86. The number of carbonyl (C=O) groups excluding carboxylic acids is 1. The van der Waals surface area contributed by atoms with Gasteiger partial charge in [-0.1, -0.05) is 13.0 Å². The van der Waals surface area contributed by atoms with Crippen LogP contribution in [0.1, 0.15) is 6.92 Å². The summed E-state index contributed by atoms with van der Waals surface area (Å²) in [6, 6.07) is 7.57. The minimum absolute atomic E-state index is 0.215. The number of nitrogens with two attached hydrogens (primary N) is 1. The van der Waals surface area contributed by atoms with E-state index in [1.54, 1.807) is 7.11 Å². The van der Waals surface area contributed by atoms with Crippen LogP contribution in [-0.4, -0.2) is 38.2 Å². The van der Waals surface area contributed by atoms with E-state index in [2.05, 4.69) is 11.9 Å². The molecule has 0 aliphatic carbocycles. The van der Waals surface area contributed by atoms with Crippen LogP contribution in [0.25, 0.3) is 11.2 Å². The van der Waals surface area contributed by atoms with E-state index in [1.807, 2.05) is 33.7 Å². The molecule has 1 atom stereocenters. The second-order valence-corrected chi connectivity index (χ2v) is 7.31. The summed E-state index contributed by atoms with van der Waals surface area (Å²) in [4.78, 5) is 43.6. The van der Waals surface area contributed by atoms with Gasteiger partial charge in [0, 0.05) is 31.9 Å². The molecule has 0 unspecified atom stereocenters. The predicted molar refractivity (Wildman–Crippen MR) is 108 cm³/mol. The summed E-state index contributed by atoms with van der Waals surface area (Å²) in [5, 5.41) is 0. The maximum absolute atomic E-state index is 13.1. The van der Waals surface area contributed by atoms with Crippen LogP contribution in [-0.2, 0) is 24.9 Å². The molecule has 3 heterocycles. The van der Waals surface area contributed by atoms with Gasteiger partial charge in [0.15, 0.2) is 11.2 Å². The summed E-state index contributed by atoms with van der Waals surface area (Å²) >= 11 is 0. The third-order valence-corrected chi connectivity index (χ3v) is 5.12. The molecule has 0 saturated heterocycles. The van der Waals surface area contributed by atoms with Gasteiger partial charge in [-0.2, -0.15) is 4.98 Å². The van der Waals surface area contributed by atoms with Crippen molar-refractivity contribution in [1.82, 2.24) is 18.7 Å². The van der Waals surface area contributed by atoms with Gasteiger partial charge in [-0.15, -0.1) is 0 Å². The Bertz CT molecular complexity index is 1240. The molecule has 4 rings (SSSR count). The summed E-state index contributed by atoms with van der Waals surface area (Å²) in [6.07, 6.45) is 0. The van der Waals surface area contributed by atoms with Crippen LogP contribution in [0, 0.1) is 5.92 Å². The van der Waals surface area contributed by atoms with Gasteiger partial charge in [0.1, 0.15) is 12.3 Å². The standard InChI is InChI=1S/C19H22N6O4/c1-11-8-23(12-5-4-6-13(7-12)29-3)18-21-16-15(24(18)9-11)17(27)25(10-14(20)26)19(28)22(16)2/h4-7,11H,8-10H2,1-3H3,(H2,20,26)/t11-/m1/s1. The highest BCUT2D eigenvalue weighted by Crippen LogP contribution is 2.34. The average Bonchev–Trinajstić information content (AvgIpc) is 3.08. The fourth-order valence-electron chi connectivity index (χ4n) is 3.80. The molecule has 0 spiro atoms. The number of anilines is 2. The summed E-state index contributed by atoms with van der Waals surface area (Å²) in [5.41, 5.74) is 5.46. The number of aromatic nitrogens is 4. The van der Waals surface area contributed by atoms with Crippen molar-refractivity contribution < 1.29 is 9.53 Å². The largest absolute Gasteiger partial charge is 0.497 e. The zero-order valence-electron chi connectivity index (χ0n) is 16.5. The first-order valence-corrected chi connectivity index (χ1v) is 9.21. The third-order valence-electron chi connectivity index (χ3n) is 5.12. The Hall–Kier alpha value is -3.56. The predicted octanol–water partition coefficient (Wildman–Crippen LogP) is 0.178. The van der Waals surface area contributed by atoms with Crippen molar-refractivity contribution in [3.8, 4) is 5.75 Å². The second-order valence-electron chi connectivity index (χ2n) is 7.31. The lowest BCUT2D eigenvalue weighted by atomic mass is 10.1. The molecule has 2 N–H and O–H groups in total. The van der Waals surface area contributed by atoms with Gasteiger partial charge >= 0.3 is 5.69 Å². The van der Waals surface area contributed by atoms with Crippen LogP contribution < -0.4 is 26.6 Å². The molecule has 3 aromatic rings. The van der Waals surface area contributed by atoms with Crippen molar-refractivity contribution >= 4 is 28.7 Å². The number of nitrogens with zero attached hydrogens (tertiary/aromatic N) is 5. The fourth-order valence-corrected chi connectivity index (χ4v) is 3.80. The molecular formula is C19H22N6O4. The second kappa shape index (κ2) is 6.80. The number of ether oxygens (including phenoxy) is 1. The highest BCUT2D eigenvalue weighted by atomic mass is 16.5. The maximum Gasteiger partial charge on any atom is 0.332 e. The Morgan fingerprint density at radius 2 is 2.07 bits per heavy atom. The van der Waals surface area contributed by atoms with Gasteiger partial charge in [-0.3, -0.25) is 14.2 Å². The smallest absolute Gasteiger partial charge is 0.332 e. The highest BCUT2D eigenvalue weighted by molar-refractivity contribution is 5.78. The Labute approximate surface area is 165 Å². The first kappa shape index (κ1) is 18.8. The number of methoxy groups -OCH3 is 1. The number of hydrogen-bond donors (Lipinski definition) is 1. The van der Waals surface area contributed by atoms with Crippen molar-refractivity contribution in [2.75, 3.05) is 18.6 Å². The first-order chi connectivity index (χ1) is 13.8. The number of aryl methyl sites for hydroxylation is 1. The van der Waals surface area contributed by atoms with Crippen LogP contribution in [0.4, 0.5) is 11.6 Å². The summed E-state index contributed by atoms with van der Waals surface area (Å²) < 4.78 is 9.27. The van der Waals surface area contributed by atoms with Crippen LogP contribution in [0.5, 0.6) is 5.75 Å². The lowest BCUT2D eigenvalue weighted by Gasteiger charge is -2.33. The average molecular weight is 398 g/mol. The van der Waals surface area contributed by atoms with Crippen molar-refractivity contribution in [3.63, 3.8) is 0 Å². The van der Waals surface area contributed by atoms with Gasteiger partial charge in [-0.25, -0.2) is 9.36 Å². The molecule has 29 heavy (non-hydrogen) atoms. The topological polar surface area (TPSA) is 117 Å². The van der Waals surface area contributed by atoms with Gasteiger partial charge in [0.25, 0.3) is 5.56 Å². The van der Waals surface area contributed by atoms with Crippen molar-refractivity contribution in [2.45, 2.75) is 20.0 Å². The first-order valence-electron chi connectivity index (χ1n) is 9.21. The Balaban J connectivity index is 1.99. The third kappa shape index (κ3) is 2.96. The zero-order chi connectivity index (χ0) is 20.9. The van der Waals surface area contributed by atoms with E-state index < -0.39 is 23.7 Å². The number of benzene rings is 1. The molecule has 1 aromatic carbocycles. The number of fused-ring (bicyclic) bond motifs is 3. The van der Waals surface area contributed by atoms with E-state index in [4.69, 9.17) is 10.5 Å². The number of carbonyl (C=O) groups is 1. The van der Waals surface area contributed by atoms with Gasteiger partial charge in [0.05, 0.1) is 7.11 Å². The molecule has 1 aliphatic rings. The van der Waals surface area contributed by atoms with Crippen LogP contribution in [0.3, 0.4) is 0 Å². The maximum atomic E-state index is 13.1. The highest BCUT2D eigenvalue weighted by Gasteiger charge is 2.30. The lowest BCUT2D eigenvalue weighted by molar-refractivity contribution is -0.118. The number of rotatable bonds is 4. The molecule has 1 aliphatic heterocycles. The normalized spacial score (nSPS) is 16.1. The van der Waals surface area contributed by atoms with Gasteiger partial charge in [0.2, 0.25) is 11.9 Å². The summed E-state index contributed by atoms with van der Waals surface area (Å²) in [5.74, 6) is 0.732. The minimum atomic E-state index is -0.756. The van der Waals surface area contributed by atoms with Crippen LogP contribution >= 0.6 is 0 Å². The van der Waals surface area contributed by atoms with E-state index in [-0.39, 0.29) is 17.1 Å². The minimum Gasteiger partial charge on any atom is -0.497 e. The molecule has 0 radical (unpaired) electrons. The number of imidazole rings is 1. The molecule has 0 bridgehead atoms. The number of amides is 1. The molecule has 2 aromatic heterocycles.